The number of H-pyrrole nitrogens is 1. The highest BCUT2D eigenvalue weighted by Crippen LogP contribution is 2.21. The summed E-state index contributed by atoms with van der Waals surface area (Å²) in [6.07, 6.45) is 2.90. The van der Waals surface area contributed by atoms with Crippen molar-refractivity contribution in [2.75, 3.05) is 6.54 Å². The number of fused-ring (bicyclic) bond motifs is 1. The van der Waals surface area contributed by atoms with E-state index in [9.17, 15) is 9.18 Å². The van der Waals surface area contributed by atoms with Crippen LogP contribution < -0.4 is 5.32 Å². The zero-order valence-electron chi connectivity index (χ0n) is 15.1. The van der Waals surface area contributed by atoms with E-state index < -0.39 is 0 Å². The number of nitrogens with zero attached hydrogens (tertiary/aromatic N) is 2. The second kappa shape index (κ2) is 8.04. The number of halogens is 1. The maximum Gasteiger partial charge on any atom is 0.220 e. The highest BCUT2D eigenvalue weighted by atomic mass is 19.1. The Morgan fingerprint density at radius 2 is 1.93 bits per heavy atom. The molecule has 0 radical (unpaired) electrons. The molecule has 4 rings (SSSR count). The number of oxazole rings is 1. The average Bonchev–Trinajstić information content (AvgIpc) is 3.33. The van der Waals surface area contributed by atoms with Crippen molar-refractivity contribution in [1.29, 1.82) is 0 Å². The van der Waals surface area contributed by atoms with Gasteiger partial charge in [0.1, 0.15) is 11.6 Å². The normalized spacial score (nSPS) is 11.0. The van der Waals surface area contributed by atoms with Crippen LogP contribution in [0.25, 0.3) is 22.4 Å². The Hall–Kier alpha value is -3.48. The first kappa shape index (κ1) is 17.9. The maximum atomic E-state index is 13.0. The van der Waals surface area contributed by atoms with Gasteiger partial charge in [0, 0.05) is 31.4 Å². The van der Waals surface area contributed by atoms with Gasteiger partial charge >= 0.3 is 0 Å². The summed E-state index contributed by atoms with van der Waals surface area (Å²) in [5, 5.41) is 2.88. The van der Waals surface area contributed by atoms with Crippen LogP contribution in [0.15, 0.2) is 59.1 Å². The number of imidazole rings is 1. The van der Waals surface area contributed by atoms with E-state index in [1.165, 1.54) is 12.1 Å². The number of amides is 1. The fourth-order valence-corrected chi connectivity index (χ4v) is 2.93. The number of hydrogen-bond donors (Lipinski definition) is 2. The zero-order valence-corrected chi connectivity index (χ0v) is 15.1. The van der Waals surface area contributed by atoms with Crippen LogP contribution in [0.5, 0.6) is 0 Å². The van der Waals surface area contributed by atoms with Crippen LogP contribution in [-0.2, 0) is 17.6 Å². The van der Waals surface area contributed by atoms with Gasteiger partial charge in [0.05, 0.1) is 17.2 Å². The van der Waals surface area contributed by atoms with Gasteiger partial charge in [-0.1, -0.05) is 12.1 Å². The first-order valence-electron chi connectivity index (χ1n) is 9.08. The second-order valence-electron chi connectivity index (χ2n) is 6.43. The molecular weight excluding hydrogens is 359 g/mol. The molecule has 0 spiro atoms. The summed E-state index contributed by atoms with van der Waals surface area (Å²) in [4.78, 5) is 23.9. The standard InChI is InChI=1S/C21H19FN4O2/c22-15-7-5-14(6-8-15)18-13-24-21(28-18)10-9-20(27)23-12-11-19-25-16-3-1-2-4-17(16)26-19/h1-8,13H,9-12H2,(H,23,27)(H,25,26). The third-order valence-corrected chi connectivity index (χ3v) is 4.37. The van der Waals surface area contributed by atoms with Gasteiger partial charge in [-0.3, -0.25) is 4.79 Å². The van der Waals surface area contributed by atoms with Gasteiger partial charge in [-0.2, -0.15) is 0 Å². The minimum absolute atomic E-state index is 0.0716. The molecule has 0 aliphatic rings. The lowest BCUT2D eigenvalue weighted by Crippen LogP contribution is -2.26. The van der Waals surface area contributed by atoms with Crippen molar-refractivity contribution in [3.63, 3.8) is 0 Å². The third kappa shape index (κ3) is 4.25. The Kier molecular flexibility index (Phi) is 5.14. The fourth-order valence-electron chi connectivity index (χ4n) is 2.93. The van der Waals surface area contributed by atoms with E-state index in [1.807, 2.05) is 24.3 Å². The molecule has 2 aromatic heterocycles. The highest BCUT2D eigenvalue weighted by molar-refractivity contribution is 5.76. The molecule has 0 atom stereocenters. The van der Waals surface area contributed by atoms with Gasteiger partial charge in [-0.15, -0.1) is 0 Å². The summed E-state index contributed by atoms with van der Waals surface area (Å²) in [5.41, 5.74) is 2.66. The number of aromatic amines is 1. The molecule has 2 heterocycles. The van der Waals surface area contributed by atoms with Crippen LogP contribution >= 0.6 is 0 Å². The van der Waals surface area contributed by atoms with Crippen molar-refractivity contribution in [2.24, 2.45) is 0 Å². The fraction of sp³-hybridized carbons (Fsp3) is 0.190. The molecule has 0 aliphatic carbocycles. The Balaban J connectivity index is 1.24. The minimum atomic E-state index is -0.303. The van der Waals surface area contributed by atoms with Crippen LogP contribution in [0.1, 0.15) is 18.1 Å². The molecule has 0 unspecified atom stereocenters. The van der Waals surface area contributed by atoms with Gasteiger partial charge < -0.3 is 14.7 Å². The van der Waals surface area contributed by atoms with Crippen LogP contribution in [0.4, 0.5) is 4.39 Å². The number of carbonyl (C=O) groups excluding carboxylic acids is 1. The van der Waals surface area contributed by atoms with E-state index in [2.05, 4.69) is 20.3 Å². The summed E-state index contributed by atoms with van der Waals surface area (Å²) in [7, 11) is 0. The van der Waals surface area contributed by atoms with Crippen LogP contribution in [-0.4, -0.2) is 27.4 Å². The van der Waals surface area contributed by atoms with E-state index >= 15 is 0 Å². The number of nitrogens with one attached hydrogen (secondary N) is 2. The Morgan fingerprint density at radius 3 is 2.75 bits per heavy atom. The molecule has 0 bridgehead atoms. The van der Waals surface area contributed by atoms with E-state index in [-0.39, 0.29) is 18.1 Å². The zero-order chi connectivity index (χ0) is 19.3. The predicted molar refractivity (Wildman–Crippen MR) is 103 cm³/mol. The third-order valence-electron chi connectivity index (χ3n) is 4.37. The molecule has 6 nitrogen and oxygen atoms in total. The highest BCUT2D eigenvalue weighted by Gasteiger charge is 2.09. The van der Waals surface area contributed by atoms with Crippen molar-refractivity contribution in [1.82, 2.24) is 20.3 Å². The van der Waals surface area contributed by atoms with Gasteiger partial charge in [-0.25, -0.2) is 14.4 Å². The number of hydrogen-bond acceptors (Lipinski definition) is 4. The second-order valence-corrected chi connectivity index (χ2v) is 6.43. The van der Waals surface area contributed by atoms with E-state index in [0.717, 1.165) is 22.4 Å². The van der Waals surface area contributed by atoms with Crippen LogP contribution in [0.3, 0.4) is 0 Å². The lowest BCUT2D eigenvalue weighted by Gasteiger charge is -2.02. The summed E-state index contributed by atoms with van der Waals surface area (Å²) in [5.74, 6) is 1.51. The Labute approximate surface area is 160 Å². The lowest BCUT2D eigenvalue weighted by molar-refractivity contribution is -0.121. The monoisotopic (exact) mass is 378 g/mol. The molecule has 0 aliphatic heterocycles. The van der Waals surface area contributed by atoms with E-state index in [1.54, 1.807) is 18.3 Å². The smallest absolute Gasteiger partial charge is 0.220 e. The molecule has 28 heavy (non-hydrogen) atoms. The molecule has 7 heteroatoms. The molecule has 142 valence electrons. The molecule has 2 N–H and O–H groups in total. The number of aromatic nitrogens is 3. The quantitative estimate of drug-likeness (QED) is 0.514. The predicted octanol–water partition coefficient (Wildman–Crippen LogP) is 3.65. The van der Waals surface area contributed by atoms with Crippen LogP contribution in [0, 0.1) is 5.82 Å². The summed E-state index contributed by atoms with van der Waals surface area (Å²) >= 11 is 0. The van der Waals surface area contributed by atoms with Crippen molar-refractivity contribution >= 4 is 16.9 Å². The first-order chi connectivity index (χ1) is 13.7. The van der Waals surface area contributed by atoms with Crippen LogP contribution in [0.2, 0.25) is 0 Å². The molecule has 0 fully saturated rings. The SMILES string of the molecule is O=C(CCc1ncc(-c2ccc(F)cc2)o1)NCCc1nc2ccccc2[nH]1. The first-order valence-corrected chi connectivity index (χ1v) is 9.08. The van der Waals surface area contributed by atoms with Gasteiger partial charge in [0.2, 0.25) is 5.91 Å². The number of rotatable bonds is 7. The molecule has 0 saturated carbocycles. The lowest BCUT2D eigenvalue weighted by atomic mass is 10.2. The van der Waals surface area contributed by atoms with E-state index in [0.29, 0.717) is 31.0 Å². The molecule has 1 amide bonds. The Bertz CT molecular complexity index is 1050. The van der Waals surface area contributed by atoms with Crippen molar-refractivity contribution in [3.8, 4) is 11.3 Å². The molecular formula is C21H19FN4O2. The van der Waals surface area contributed by atoms with Gasteiger partial charge in [0.15, 0.2) is 11.7 Å². The average molecular weight is 378 g/mol. The van der Waals surface area contributed by atoms with Crippen molar-refractivity contribution in [2.45, 2.75) is 19.3 Å². The van der Waals surface area contributed by atoms with Gasteiger partial charge in [0.25, 0.3) is 0 Å². The largest absolute Gasteiger partial charge is 0.441 e. The van der Waals surface area contributed by atoms with E-state index in [4.69, 9.17) is 4.42 Å². The molecule has 4 aromatic rings. The minimum Gasteiger partial charge on any atom is -0.441 e. The number of carbonyl (C=O) groups is 1. The maximum absolute atomic E-state index is 13.0. The van der Waals surface area contributed by atoms with Gasteiger partial charge in [-0.05, 0) is 36.4 Å². The summed E-state index contributed by atoms with van der Waals surface area (Å²) in [6, 6.07) is 13.8. The summed E-state index contributed by atoms with van der Waals surface area (Å²) in [6.45, 7) is 0.505. The topological polar surface area (TPSA) is 83.8 Å². The molecule has 0 saturated heterocycles. The number of aryl methyl sites for hydroxylation is 1. The number of benzene rings is 2. The summed E-state index contributed by atoms with van der Waals surface area (Å²) < 4.78 is 18.6. The molecule has 2 aromatic carbocycles. The van der Waals surface area contributed by atoms with Crippen molar-refractivity contribution in [3.05, 3.63) is 72.3 Å². The number of para-hydroxylation sites is 2. The Morgan fingerprint density at radius 1 is 1.11 bits per heavy atom. The van der Waals surface area contributed by atoms with Crippen molar-refractivity contribution < 1.29 is 13.6 Å².